The van der Waals surface area contributed by atoms with Crippen molar-refractivity contribution in [1.82, 2.24) is 10.2 Å². The Hall–Kier alpha value is -1.13. The van der Waals surface area contributed by atoms with Crippen LogP contribution in [0.2, 0.25) is 0 Å². The molecule has 1 aliphatic rings. The summed E-state index contributed by atoms with van der Waals surface area (Å²) in [5.41, 5.74) is 0. The topological polar surface area (TPSA) is 24.5 Å². The maximum absolute atomic E-state index is 12.7. The second-order valence-corrected chi connectivity index (χ2v) is 5.12. The number of benzene rings is 1. The zero-order valence-corrected chi connectivity index (χ0v) is 11.6. The monoisotopic (exact) mass is 266 g/mol. The van der Waals surface area contributed by atoms with Gasteiger partial charge < -0.3 is 10.1 Å². The van der Waals surface area contributed by atoms with Crippen molar-refractivity contribution in [3.05, 3.63) is 30.1 Å². The summed E-state index contributed by atoms with van der Waals surface area (Å²) in [5, 5.41) is 3.43. The number of rotatable bonds is 5. The molecule has 3 nitrogen and oxygen atoms in total. The first-order valence-electron chi connectivity index (χ1n) is 7.05. The molecule has 0 amide bonds. The molecule has 0 unspecified atom stereocenters. The van der Waals surface area contributed by atoms with Crippen molar-refractivity contribution >= 4 is 0 Å². The number of ether oxygens (including phenoxy) is 1. The first kappa shape index (κ1) is 14.3. The molecular formula is C15H23FN2O. The van der Waals surface area contributed by atoms with E-state index in [0.29, 0.717) is 12.6 Å². The van der Waals surface area contributed by atoms with Crippen molar-refractivity contribution in [3.8, 4) is 5.75 Å². The van der Waals surface area contributed by atoms with Crippen LogP contribution >= 0.6 is 0 Å². The molecule has 0 aliphatic carbocycles. The molecule has 1 saturated heterocycles. The van der Waals surface area contributed by atoms with Crippen LogP contribution < -0.4 is 10.1 Å². The van der Waals surface area contributed by atoms with E-state index < -0.39 is 0 Å². The van der Waals surface area contributed by atoms with E-state index in [1.165, 1.54) is 31.4 Å². The molecular weight excluding hydrogens is 243 g/mol. The van der Waals surface area contributed by atoms with Crippen LogP contribution in [-0.4, -0.2) is 44.2 Å². The Kier molecular flexibility index (Phi) is 5.61. The molecule has 0 saturated carbocycles. The normalized spacial score (nSPS) is 20.3. The first-order chi connectivity index (χ1) is 9.25. The van der Waals surface area contributed by atoms with Gasteiger partial charge in [0.25, 0.3) is 0 Å². The molecule has 0 bridgehead atoms. The smallest absolute Gasteiger partial charge is 0.123 e. The minimum absolute atomic E-state index is 0.226. The van der Waals surface area contributed by atoms with Gasteiger partial charge in [-0.25, -0.2) is 4.39 Å². The minimum Gasteiger partial charge on any atom is -0.492 e. The van der Waals surface area contributed by atoms with Crippen molar-refractivity contribution in [2.75, 3.05) is 33.3 Å². The molecule has 1 N–H and O–H groups in total. The first-order valence-corrected chi connectivity index (χ1v) is 7.05. The average Bonchev–Trinajstić information content (AvgIpc) is 2.70. The minimum atomic E-state index is -0.226. The Balaban J connectivity index is 1.70. The van der Waals surface area contributed by atoms with Crippen molar-refractivity contribution in [1.29, 1.82) is 0 Å². The Morgan fingerprint density at radius 1 is 1.26 bits per heavy atom. The zero-order valence-electron chi connectivity index (χ0n) is 11.6. The highest BCUT2D eigenvalue weighted by molar-refractivity contribution is 5.21. The number of nitrogens with one attached hydrogen (secondary N) is 1. The quantitative estimate of drug-likeness (QED) is 0.885. The highest BCUT2D eigenvalue weighted by Gasteiger charge is 2.16. The average molecular weight is 266 g/mol. The predicted octanol–water partition coefficient (Wildman–Crippen LogP) is 2.28. The van der Waals surface area contributed by atoms with Crippen LogP contribution in [0.25, 0.3) is 0 Å². The Labute approximate surface area is 114 Å². The predicted molar refractivity (Wildman–Crippen MR) is 75.0 cm³/mol. The van der Waals surface area contributed by atoms with E-state index in [0.717, 1.165) is 25.4 Å². The molecule has 19 heavy (non-hydrogen) atoms. The summed E-state index contributed by atoms with van der Waals surface area (Å²) in [6.07, 6.45) is 3.70. The Bertz CT molecular complexity index is 361. The number of likely N-dealkylation sites (N-methyl/N-ethyl adjacent to an activating group) is 1. The van der Waals surface area contributed by atoms with Crippen molar-refractivity contribution in [3.63, 3.8) is 0 Å². The van der Waals surface area contributed by atoms with Gasteiger partial charge in [0.15, 0.2) is 0 Å². The maximum atomic E-state index is 12.7. The third-order valence-corrected chi connectivity index (χ3v) is 3.69. The molecule has 0 spiro atoms. The van der Waals surface area contributed by atoms with Crippen LogP contribution in [0.3, 0.4) is 0 Å². The second kappa shape index (κ2) is 7.46. The van der Waals surface area contributed by atoms with Gasteiger partial charge in [-0.3, -0.25) is 4.90 Å². The van der Waals surface area contributed by atoms with Crippen LogP contribution in [-0.2, 0) is 0 Å². The van der Waals surface area contributed by atoms with Crippen LogP contribution in [0.5, 0.6) is 5.75 Å². The standard InChI is InChI=1S/C15H23FN2O/c1-18(14-3-2-9-17-10-8-14)11-12-19-15-6-4-13(16)5-7-15/h4-7,14,17H,2-3,8-12H2,1H3/t14-/m0/s1. The van der Waals surface area contributed by atoms with Gasteiger partial charge in [0.05, 0.1) is 0 Å². The highest BCUT2D eigenvalue weighted by Crippen LogP contribution is 2.13. The van der Waals surface area contributed by atoms with Gasteiger partial charge in [-0.05, 0) is 63.7 Å². The number of hydrogen-bond donors (Lipinski definition) is 1. The number of halogens is 1. The van der Waals surface area contributed by atoms with Gasteiger partial charge in [-0.15, -0.1) is 0 Å². The van der Waals surface area contributed by atoms with E-state index in [1.54, 1.807) is 12.1 Å². The third kappa shape index (κ3) is 4.80. The van der Waals surface area contributed by atoms with Gasteiger partial charge in [-0.2, -0.15) is 0 Å². The van der Waals surface area contributed by atoms with Crippen molar-refractivity contribution in [2.45, 2.75) is 25.3 Å². The lowest BCUT2D eigenvalue weighted by Crippen LogP contribution is -2.35. The van der Waals surface area contributed by atoms with Gasteiger partial charge in [-0.1, -0.05) is 0 Å². The van der Waals surface area contributed by atoms with E-state index in [9.17, 15) is 4.39 Å². The molecule has 1 fully saturated rings. The van der Waals surface area contributed by atoms with Gasteiger partial charge in [0, 0.05) is 12.6 Å². The molecule has 1 aliphatic heterocycles. The molecule has 0 aromatic heterocycles. The number of nitrogens with zero attached hydrogens (tertiary/aromatic N) is 1. The van der Waals surface area contributed by atoms with E-state index in [1.807, 2.05) is 0 Å². The lowest BCUT2D eigenvalue weighted by molar-refractivity contribution is 0.180. The summed E-state index contributed by atoms with van der Waals surface area (Å²) in [7, 11) is 2.16. The van der Waals surface area contributed by atoms with Crippen LogP contribution in [0.15, 0.2) is 24.3 Å². The summed E-state index contributed by atoms with van der Waals surface area (Å²) in [6, 6.07) is 6.84. The SMILES string of the molecule is CN(CCOc1ccc(F)cc1)[C@H]1CCCNCC1. The fourth-order valence-electron chi connectivity index (χ4n) is 2.46. The van der Waals surface area contributed by atoms with Crippen LogP contribution in [0.1, 0.15) is 19.3 Å². The Morgan fingerprint density at radius 3 is 2.84 bits per heavy atom. The molecule has 1 heterocycles. The fraction of sp³-hybridized carbons (Fsp3) is 0.600. The summed E-state index contributed by atoms with van der Waals surface area (Å²) in [6.45, 7) is 3.79. The van der Waals surface area contributed by atoms with Gasteiger partial charge >= 0.3 is 0 Å². The van der Waals surface area contributed by atoms with Crippen molar-refractivity contribution in [2.24, 2.45) is 0 Å². The molecule has 2 rings (SSSR count). The van der Waals surface area contributed by atoms with Crippen molar-refractivity contribution < 1.29 is 9.13 Å². The van der Waals surface area contributed by atoms with E-state index in [4.69, 9.17) is 4.74 Å². The summed E-state index contributed by atoms with van der Waals surface area (Å²) >= 11 is 0. The zero-order chi connectivity index (χ0) is 13.5. The van der Waals surface area contributed by atoms with Crippen LogP contribution in [0, 0.1) is 5.82 Å². The molecule has 1 aromatic carbocycles. The van der Waals surface area contributed by atoms with E-state index >= 15 is 0 Å². The van der Waals surface area contributed by atoms with Crippen LogP contribution in [0.4, 0.5) is 4.39 Å². The van der Waals surface area contributed by atoms with Gasteiger partial charge in [0.1, 0.15) is 18.2 Å². The van der Waals surface area contributed by atoms with E-state index in [2.05, 4.69) is 17.3 Å². The maximum Gasteiger partial charge on any atom is 0.123 e. The van der Waals surface area contributed by atoms with E-state index in [-0.39, 0.29) is 5.82 Å². The second-order valence-electron chi connectivity index (χ2n) is 5.12. The number of hydrogen-bond acceptors (Lipinski definition) is 3. The molecule has 106 valence electrons. The summed E-state index contributed by atoms with van der Waals surface area (Å²) in [4.78, 5) is 2.37. The molecule has 0 radical (unpaired) electrons. The molecule has 1 atom stereocenters. The molecule has 4 heteroatoms. The Morgan fingerprint density at radius 2 is 2.05 bits per heavy atom. The lowest BCUT2D eigenvalue weighted by Gasteiger charge is -2.26. The molecule has 1 aromatic rings. The lowest BCUT2D eigenvalue weighted by atomic mass is 10.1. The third-order valence-electron chi connectivity index (χ3n) is 3.69. The summed E-state index contributed by atoms with van der Waals surface area (Å²) in [5.74, 6) is 0.507. The highest BCUT2D eigenvalue weighted by atomic mass is 19.1. The largest absolute Gasteiger partial charge is 0.492 e. The fourth-order valence-corrected chi connectivity index (χ4v) is 2.46. The summed E-state index contributed by atoms with van der Waals surface area (Å²) < 4.78 is 18.4. The van der Waals surface area contributed by atoms with Gasteiger partial charge in [0.2, 0.25) is 0 Å².